The van der Waals surface area contributed by atoms with E-state index in [1.807, 2.05) is 0 Å². The highest BCUT2D eigenvalue weighted by Gasteiger charge is 2.11. The van der Waals surface area contributed by atoms with E-state index < -0.39 is 0 Å². The van der Waals surface area contributed by atoms with E-state index in [0.29, 0.717) is 6.04 Å². The topological polar surface area (TPSA) is 21.3 Å². The van der Waals surface area contributed by atoms with Crippen molar-refractivity contribution in [3.63, 3.8) is 0 Å². The maximum absolute atomic E-state index is 5.96. The van der Waals surface area contributed by atoms with Crippen molar-refractivity contribution < 1.29 is 4.74 Å². The van der Waals surface area contributed by atoms with Crippen LogP contribution >= 0.6 is 0 Å². The molecule has 1 atom stereocenters. The Morgan fingerprint density at radius 2 is 1.95 bits per heavy atom. The Bertz CT molecular complexity index is 362. The van der Waals surface area contributed by atoms with Crippen LogP contribution in [0, 0.1) is 6.92 Å². The maximum atomic E-state index is 5.96. The quantitative estimate of drug-likeness (QED) is 0.656. The summed E-state index contributed by atoms with van der Waals surface area (Å²) in [6, 6.07) is 6.83. The first-order valence-electron chi connectivity index (χ1n) is 7.65. The van der Waals surface area contributed by atoms with E-state index in [-0.39, 0.29) is 0 Å². The molecule has 1 unspecified atom stereocenters. The summed E-state index contributed by atoms with van der Waals surface area (Å²) >= 11 is 0. The van der Waals surface area contributed by atoms with Crippen molar-refractivity contribution in [2.45, 2.75) is 59.4 Å². The molecule has 1 aromatic rings. The minimum absolute atomic E-state index is 0.348. The molecule has 0 amide bonds. The van der Waals surface area contributed by atoms with Gasteiger partial charge in [0, 0.05) is 11.6 Å². The van der Waals surface area contributed by atoms with Crippen molar-refractivity contribution in [2.75, 3.05) is 13.2 Å². The van der Waals surface area contributed by atoms with E-state index in [4.69, 9.17) is 4.74 Å². The number of hydrogen-bond acceptors (Lipinski definition) is 2. The van der Waals surface area contributed by atoms with Gasteiger partial charge in [-0.3, -0.25) is 0 Å². The molecule has 0 saturated heterocycles. The number of aryl methyl sites for hydroxylation is 1. The molecule has 1 N–H and O–H groups in total. The SMILES string of the molecule is CCCCCOc1ccc(C)cc1C(C)NCCC. The van der Waals surface area contributed by atoms with Crippen LogP contribution in [0.2, 0.25) is 0 Å². The first kappa shape index (κ1) is 16.0. The lowest BCUT2D eigenvalue weighted by Gasteiger charge is -2.19. The molecular weight excluding hydrogens is 234 g/mol. The molecule has 0 saturated carbocycles. The predicted molar refractivity (Wildman–Crippen MR) is 82.9 cm³/mol. The highest BCUT2D eigenvalue weighted by Crippen LogP contribution is 2.26. The second kappa shape index (κ2) is 8.98. The number of unbranched alkanes of at least 4 members (excludes halogenated alkanes) is 2. The summed E-state index contributed by atoms with van der Waals surface area (Å²) in [6.07, 6.45) is 4.77. The lowest BCUT2D eigenvalue weighted by atomic mass is 10.0. The number of ether oxygens (including phenoxy) is 1. The Labute approximate surface area is 118 Å². The molecule has 0 fully saturated rings. The molecule has 0 heterocycles. The number of rotatable bonds is 9. The molecule has 0 radical (unpaired) electrons. The fourth-order valence-electron chi connectivity index (χ4n) is 2.14. The number of hydrogen-bond donors (Lipinski definition) is 1. The first-order valence-corrected chi connectivity index (χ1v) is 7.65. The van der Waals surface area contributed by atoms with Crippen molar-refractivity contribution in [1.82, 2.24) is 5.32 Å². The van der Waals surface area contributed by atoms with Crippen LogP contribution in [0.3, 0.4) is 0 Å². The Morgan fingerprint density at radius 3 is 2.63 bits per heavy atom. The third kappa shape index (κ3) is 5.65. The van der Waals surface area contributed by atoms with Crippen molar-refractivity contribution in [3.05, 3.63) is 29.3 Å². The molecule has 1 aromatic carbocycles. The molecule has 2 heteroatoms. The fraction of sp³-hybridized carbons (Fsp3) is 0.647. The van der Waals surface area contributed by atoms with Crippen LogP contribution in [0.15, 0.2) is 18.2 Å². The van der Waals surface area contributed by atoms with Crippen LogP contribution in [0.1, 0.15) is 63.6 Å². The van der Waals surface area contributed by atoms with Gasteiger partial charge in [0.2, 0.25) is 0 Å². The molecule has 1 rings (SSSR count). The molecule has 0 aromatic heterocycles. The van der Waals surface area contributed by atoms with Crippen molar-refractivity contribution >= 4 is 0 Å². The van der Waals surface area contributed by atoms with Gasteiger partial charge in [0.05, 0.1) is 6.61 Å². The van der Waals surface area contributed by atoms with Crippen molar-refractivity contribution in [2.24, 2.45) is 0 Å². The standard InChI is InChI=1S/C17H29NO/c1-5-7-8-12-19-17-10-9-14(3)13-16(17)15(4)18-11-6-2/h9-10,13,15,18H,5-8,11-12H2,1-4H3. The van der Waals surface area contributed by atoms with Crippen molar-refractivity contribution in [1.29, 1.82) is 0 Å². The van der Waals surface area contributed by atoms with Crippen LogP contribution in [0.25, 0.3) is 0 Å². The van der Waals surface area contributed by atoms with Crippen molar-refractivity contribution in [3.8, 4) is 5.75 Å². The zero-order chi connectivity index (χ0) is 14.1. The monoisotopic (exact) mass is 263 g/mol. The summed E-state index contributed by atoms with van der Waals surface area (Å²) in [6.45, 7) is 10.6. The lowest BCUT2D eigenvalue weighted by molar-refractivity contribution is 0.300. The summed E-state index contributed by atoms with van der Waals surface area (Å²) < 4.78 is 5.96. The van der Waals surface area contributed by atoms with Gasteiger partial charge in [-0.25, -0.2) is 0 Å². The van der Waals surface area contributed by atoms with Gasteiger partial charge in [-0.1, -0.05) is 44.4 Å². The van der Waals surface area contributed by atoms with Gasteiger partial charge in [0.25, 0.3) is 0 Å². The van der Waals surface area contributed by atoms with E-state index in [2.05, 4.69) is 51.2 Å². The average Bonchev–Trinajstić information content (AvgIpc) is 2.42. The number of nitrogens with one attached hydrogen (secondary N) is 1. The van der Waals surface area contributed by atoms with Crippen LogP contribution in [-0.4, -0.2) is 13.2 Å². The smallest absolute Gasteiger partial charge is 0.124 e. The van der Waals surface area contributed by atoms with Gasteiger partial charge in [-0.15, -0.1) is 0 Å². The number of benzene rings is 1. The van der Waals surface area contributed by atoms with Gasteiger partial charge in [-0.2, -0.15) is 0 Å². The Kier molecular flexibility index (Phi) is 7.57. The summed E-state index contributed by atoms with van der Waals surface area (Å²) in [7, 11) is 0. The minimum Gasteiger partial charge on any atom is -0.493 e. The first-order chi connectivity index (χ1) is 9.19. The summed E-state index contributed by atoms with van der Waals surface area (Å²) in [5.41, 5.74) is 2.58. The molecule has 0 spiro atoms. The average molecular weight is 263 g/mol. The van der Waals surface area contributed by atoms with Gasteiger partial charge < -0.3 is 10.1 Å². The Balaban J connectivity index is 2.67. The molecule has 0 aliphatic heterocycles. The van der Waals surface area contributed by atoms with E-state index >= 15 is 0 Å². The summed E-state index contributed by atoms with van der Waals surface area (Å²) in [5, 5.41) is 3.54. The zero-order valence-corrected chi connectivity index (χ0v) is 13.0. The zero-order valence-electron chi connectivity index (χ0n) is 13.0. The maximum Gasteiger partial charge on any atom is 0.124 e. The second-order valence-electron chi connectivity index (χ2n) is 5.27. The predicted octanol–water partition coefficient (Wildman–Crippen LogP) is 4.62. The Morgan fingerprint density at radius 1 is 1.16 bits per heavy atom. The minimum atomic E-state index is 0.348. The van der Waals surface area contributed by atoms with Crippen LogP contribution in [0.4, 0.5) is 0 Å². The van der Waals surface area contributed by atoms with E-state index in [9.17, 15) is 0 Å². The largest absolute Gasteiger partial charge is 0.493 e. The van der Waals surface area contributed by atoms with Gasteiger partial charge in [-0.05, 0) is 39.3 Å². The highest BCUT2D eigenvalue weighted by molar-refractivity contribution is 5.38. The van der Waals surface area contributed by atoms with E-state index in [1.54, 1.807) is 0 Å². The molecule has 0 aliphatic rings. The Hall–Kier alpha value is -1.02. The third-order valence-electron chi connectivity index (χ3n) is 3.34. The lowest BCUT2D eigenvalue weighted by Crippen LogP contribution is -2.20. The molecule has 2 nitrogen and oxygen atoms in total. The van der Waals surface area contributed by atoms with E-state index in [0.717, 1.165) is 31.7 Å². The van der Waals surface area contributed by atoms with Gasteiger partial charge >= 0.3 is 0 Å². The van der Waals surface area contributed by atoms with Crippen LogP contribution in [-0.2, 0) is 0 Å². The second-order valence-corrected chi connectivity index (χ2v) is 5.27. The molecule has 0 bridgehead atoms. The van der Waals surface area contributed by atoms with E-state index in [1.165, 1.54) is 24.0 Å². The third-order valence-corrected chi connectivity index (χ3v) is 3.34. The molecular formula is C17H29NO. The summed E-state index contributed by atoms with van der Waals surface area (Å²) in [5.74, 6) is 1.04. The molecule has 108 valence electrons. The van der Waals surface area contributed by atoms with Gasteiger partial charge in [0.1, 0.15) is 5.75 Å². The molecule has 19 heavy (non-hydrogen) atoms. The normalized spacial score (nSPS) is 12.4. The molecule has 0 aliphatic carbocycles. The van der Waals surface area contributed by atoms with Gasteiger partial charge in [0.15, 0.2) is 0 Å². The van der Waals surface area contributed by atoms with Crippen LogP contribution in [0.5, 0.6) is 5.75 Å². The summed E-state index contributed by atoms with van der Waals surface area (Å²) in [4.78, 5) is 0. The van der Waals surface area contributed by atoms with Crippen LogP contribution < -0.4 is 10.1 Å². The highest BCUT2D eigenvalue weighted by atomic mass is 16.5. The fourth-order valence-corrected chi connectivity index (χ4v) is 2.14.